The summed E-state index contributed by atoms with van der Waals surface area (Å²) < 4.78 is 29.2. The lowest BCUT2D eigenvalue weighted by molar-refractivity contribution is 0.299. The standard InChI is InChI=1S/C6H6O3S.C5H10O/c7-10(8,9)6-4-2-1-3-5-6;1-5(2)3-4-6/h1-5H,(H,7,8,9);6H,1,3-4H2,2H3. The summed E-state index contributed by atoms with van der Waals surface area (Å²) in [5.41, 5.74) is 1.04. The molecule has 0 spiro atoms. The van der Waals surface area contributed by atoms with Crippen LogP contribution in [-0.2, 0) is 10.1 Å². The Bertz CT molecular complexity index is 409. The lowest BCUT2D eigenvalue weighted by Crippen LogP contribution is -1.96. The van der Waals surface area contributed by atoms with Crippen molar-refractivity contribution in [1.29, 1.82) is 0 Å². The van der Waals surface area contributed by atoms with Gasteiger partial charge in [0.2, 0.25) is 0 Å². The Labute approximate surface area is 96.0 Å². The molecule has 0 amide bonds. The van der Waals surface area contributed by atoms with E-state index in [0.29, 0.717) is 0 Å². The zero-order valence-corrected chi connectivity index (χ0v) is 9.94. The lowest BCUT2D eigenvalue weighted by Gasteiger charge is -1.92. The molecule has 0 aliphatic heterocycles. The molecule has 0 heterocycles. The van der Waals surface area contributed by atoms with Crippen molar-refractivity contribution in [2.45, 2.75) is 18.2 Å². The van der Waals surface area contributed by atoms with Gasteiger partial charge in [0, 0.05) is 6.61 Å². The van der Waals surface area contributed by atoms with E-state index in [1.807, 2.05) is 6.92 Å². The number of aliphatic hydroxyl groups is 1. The molecule has 1 rings (SSSR count). The van der Waals surface area contributed by atoms with Crippen molar-refractivity contribution < 1.29 is 18.1 Å². The third-order valence-corrected chi connectivity index (χ3v) is 2.45. The fourth-order valence-corrected chi connectivity index (χ4v) is 1.28. The SMILES string of the molecule is C=C(C)CCO.O=S(=O)(O)c1ccccc1. The molecule has 0 aliphatic carbocycles. The Balaban J connectivity index is 0.000000325. The fourth-order valence-electron chi connectivity index (χ4n) is 0.783. The molecule has 0 atom stereocenters. The van der Waals surface area contributed by atoms with Crippen molar-refractivity contribution in [3.8, 4) is 0 Å². The molecular formula is C11H16O4S. The molecule has 90 valence electrons. The van der Waals surface area contributed by atoms with Crippen LogP contribution in [0.4, 0.5) is 0 Å². The third kappa shape index (κ3) is 7.17. The van der Waals surface area contributed by atoms with Crippen LogP contribution in [0.15, 0.2) is 47.4 Å². The molecule has 0 saturated heterocycles. The maximum Gasteiger partial charge on any atom is 0.294 e. The maximum atomic E-state index is 10.4. The van der Waals surface area contributed by atoms with Gasteiger partial charge in [-0.15, -0.1) is 6.58 Å². The van der Waals surface area contributed by atoms with Crippen LogP contribution in [0.3, 0.4) is 0 Å². The van der Waals surface area contributed by atoms with Gasteiger partial charge in [0.15, 0.2) is 0 Å². The summed E-state index contributed by atoms with van der Waals surface area (Å²) in [6.07, 6.45) is 0.736. The van der Waals surface area contributed by atoms with E-state index in [1.54, 1.807) is 18.2 Å². The summed E-state index contributed by atoms with van der Waals surface area (Å²) in [7, 11) is -4.00. The summed E-state index contributed by atoms with van der Waals surface area (Å²) in [5, 5.41) is 8.18. The molecule has 4 nitrogen and oxygen atoms in total. The Kier molecular flexibility index (Phi) is 6.64. The Morgan fingerprint density at radius 2 is 1.81 bits per heavy atom. The van der Waals surface area contributed by atoms with Gasteiger partial charge >= 0.3 is 0 Å². The number of hydrogen-bond acceptors (Lipinski definition) is 3. The molecule has 0 radical (unpaired) electrons. The van der Waals surface area contributed by atoms with Crippen LogP contribution in [0.1, 0.15) is 13.3 Å². The van der Waals surface area contributed by atoms with Crippen LogP contribution >= 0.6 is 0 Å². The second-order valence-electron chi connectivity index (χ2n) is 3.22. The number of aliphatic hydroxyl groups excluding tert-OH is 1. The highest BCUT2D eigenvalue weighted by molar-refractivity contribution is 7.85. The summed E-state index contributed by atoms with van der Waals surface area (Å²) >= 11 is 0. The van der Waals surface area contributed by atoms with Gasteiger partial charge in [-0.25, -0.2) is 0 Å². The summed E-state index contributed by atoms with van der Waals surface area (Å²) in [6.45, 7) is 5.72. The molecule has 0 aromatic heterocycles. The van der Waals surface area contributed by atoms with Crippen molar-refractivity contribution in [2.75, 3.05) is 6.61 Å². The minimum atomic E-state index is -4.00. The van der Waals surface area contributed by atoms with E-state index in [1.165, 1.54) is 12.1 Å². The van der Waals surface area contributed by atoms with E-state index < -0.39 is 10.1 Å². The normalized spacial score (nSPS) is 10.2. The molecule has 0 unspecified atom stereocenters. The highest BCUT2D eigenvalue weighted by Gasteiger charge is 2.05. The Hall–Kier alpha value is -1.17. The van der Waals surface area contributed by atoms with Crippen LogP contribution in [0, 0.1) is 0 Å². The van der Waals surface area contributed by atoms with Crippen LogP contribution in [-0.4, -0.2) is 24.7 Å². The van der Waals surface area contributed by atoms with Crippen molar-refractivity contribution >= 4 is 10.1 Å². The largest absolute Gasteiger partial charge is 0.396 e. The van der Waals surface area contributed by atoms with Crippen molar-refractivity contribution in [3.63, 3.8) is 0 Å². The van der Waals surface area contributed by atoms with E-state index in [0.717, 1.165) is 12.0 Å². The predicted octanol–water partition coefficient (Wildman–Crippen LogP) is 1.88. The highest BCUT2D eigenvalue weighted by Crippen LogP contribution is 2.05. The van der Waals surface area contributed by atoms with Gasteiger partial charge in [-0.2, -0.15) is 8.42 Å². The Morgan fingerprint density at radius 3 is 2.00 bits per heavy atom. The first-order chi connectivity index (χ1) is 7.38. The molecule has 0 fully saturated rings. The third-order valence-electron chi connectivity index (χ3n) is 1.58. The molecule has 5 heteroatoms. The van der Waals surface area contributed by atoms with Crippen LogP contribution in [0.2, 0.25) is 0 Å². The average Bonchev–Trinajstić information content (AvgIpc) is 2.18. The van der Waals surface area contributed by atoms with Gasteiger partial charge in [0.1, 0.15) is 0 Å². The summed E-state index contributed by atoms with van der Waals surface area (Å²) in [6, 6.07) is 7.42. The van der Waals surface area contributed by atoms with Gasteiger partial charge in [-0.05, 0) is 25.5 Å². The average molecular weight is 244 g/mol. The van der Waals surface area contributed by atoms with Crippen molar-refractivity contribution in [3.05, 3.63) is 42.5 Å². The molecule has 16 heavy (non-hydrogen) atoms. The zero-order valence-electron chi connectivity index (χ0n) is 9.13. The van der Waals surface area contributed by atoms with E-state index in [2.05, 4.69) is 6.58 Å². The predicted molar refractivity (Wildman–Crippen MR) is 62.8 cm³/mol. The number of hydrogen-bond donors (Lipinski definition) is 2. The van der Waals surface area contributed by atoms with E-state index in [4.69, 9.17) is 9.66 Å². The van der Waals surface area contributed by atoms with Gasteiger partial charge < -0.3 is 5.11 Å². The zero-order chi connectivity index (χ0) is 12.6. The monoisotopic (exact) mass is 244 g/mol. The minimum Gasteiger partial charge on any atom is -0.396 e. The van der Waals surface area contributed by atoms with E-state index in [9.17, 15) is 8.42 Å². The molecule has 1 aromatic carbocycles. The van der Waals surface area contributed by atoms with Crippen LogP contribution in [0.5, 0.6) is 0 Å². The van der Waals surface area contributed by atoms with Crippen molar-refractivity contribution in [2.24, 2.45) is 0 Å². The lowest BCUT2D eigenvalue weighted by atomic mass is 10.3. The first-order valence-corrected chi connectivity index (χ1v) is 6.09. The van der Waals surface area contributed by atoms with Gasteiger partial charge in [0.05, 0.1) is 4.90 Å². The molecule has 0 saturated carbocycles. The smallest absolute Gasteiger partial charge is 0.294 e. The van der Waals surface area contributed by atoms with Crippen LogP contribution < -0.4 is 0 Å². The Morgan fingerprint density at radius 1 is 1.31 bits per heavy atom. The van der Waals surface area contributed by atoms with Gasteiger partial charge in [-0.3, -0.25) is 4.55 Å². The van der Waals surface area contributed by atoms with Gasteiger partial charge in [0.25, 0.3) is 10.1 Å². The minimum absolute atomic E-state index is 0.0741. The second kappa shape index (κ2) is 7.16. The first-order valence-electron chi connectivity index (χ1n) is 4.65. The summed E-state index contributed by atoms with van der Waals surface area (Å²) in [5.74, 6) is 0. The molecule has 0 aliphatic rings. The topological polar surface area (TPSA) is 74.6 Å². The quantitative estimate of drug-likeness (QED) is 0.629. The number of benzene rings is 1. The second-order valence-corrected chi connectivity index (χ2v) is 4.64. The molecular weight excluding hydrogens is 228 g/mol. The van der Waals surface area contributed by atoms with Crippen LogP contribution in [0.25, 0.3) is 0 Å². The fraction of sp³-hybridized carbons (Fsp3) is 0.273. The molecule has 0 bridgehead atoms. The number of rotatable bonds is 3. The molecule has 1 aromatic rings. The first kappa shape index (κ1) is 14.8. The summed E-state index contributed by atoms with van der Waals surface area (Å²) in [4.78, 5) is -0.0741. The molecule has 2 N–H and O–H groups in total. The van der Waals surface area contributed by atoms with E-state index >= 15 is 0 Å². The van der Waals surface area contributed by atoms with Crippen molar-refractivity contribution in [1.82, 2.24) is 0 Å². The van der Waals surface area contributed by atoms with Gasteiger partial charge in [-0.1, -0.05) is 23.8 Å². The van der Waals surface area contributed by atoms with E-state index in [-0.39, 0.29) is 11.5 Å². The maximum absolute atomic E-state index is 10.4. The highest BCUT2D eigenvalue weighted by atomic mass is 32.2.